The SMILES string of the molecule is Cc1ccc(C2(C)NC(C)(C)CO2)s1. The number of ether oxygens (including phenoxy) is 1. The van der Waals surface area contributed by atoms with Gasteiger partial charge in [-0.1, -0.05) is 0 Å². The van der Waals surface area contributed by atoms with Crippen molar-refractivity contribution in [1.29, 1.82) is 0 Å². The maximum absolute atomic E-state index is 5.85. The molecule has 0 bridgehead atoms. The van der Waals surface area contributed by atoms with E-state index in [1.54, 1.807) is 11.3 Å². The predicted molar refractivity (Wildman–Crippen MR) is 59.6 cm³/mol. The summed E-state index contributed by atoms with van der Waals surface area (Å²) in [6.45, 7) is 9.32. The minimum absolute atomic E-state index is 0.0760. The Hall–Kier alpha value is -0.380. The first kappa shape index (κ1) is 10.1. The van der Waals surface area contributed by atoms with Crippen LogP contribution in [0.3, 0.4) is 0 Å². The summed E-state index contributed by atoms with van der Waals surface area (Å²) in [7, 11) is 0. The first-order valence-corrected chi connectivity index (χ1v) is 5.73. The summed E-state index contributed by atoms with van der Waals surface area (Å²) in [5.41, 5.74) is -0.213. The molecule has 0 saturated carbocycles. The molecule has 1 saturated heterocycles. The summed E-state index contributed by atoms with van der Waals surface area (Å²) in [6.07, 6.45) is 0. The molecule has 1 aliphatic rings. The molecule has 2 rings (SSSR count). The lowest BCUT2D eigenvalue weighted by Crippen LogP contribution is -2.44. The molecule has 0 aromatic carbocycles. The van der Waals surface area contributed by atoms with Crippen LogP contribution in [0.5, 0.6) is 0 Å². The van der Waals surface area contributed by atoms with Crippen LogP contribution in [0.1, 0.15) is 30.5 Å². The van der Waals surface area contributed by atoms with Crippen LogP contribution in [-0.2, 0) is 10.5 Å². The molecule has 2 nitrogen and oxygen atoms in total. The normalized spacial score (nSPS) is 30.9. The Bertz CT molecular complexity index is 345. The van der Waals surface area contributed by atoms with Crippen molar-refractivity contribution in [2.24, 2.45) is 0 Å². The molecule has 1 unspecified atom stereocenters. The van der Waals surface area contributed by atoms with Crippen molar-refractivity contribution >= 4 is 11.3 Å². The summed E-state index contributed by atoms with van der Waals surface area (Å²) < 4.78 is 5.85. The number of aryl methyl sites for hydroxylation is 1. The summed E-state index contributed by atoms with van der Waals surface area (Å²) in [6, 6.07) is 4.29. The van der Waals surface area contributed by atoms with E-state index in [1.165, 1.54) is 9.75 Å². The maximum Gasteiger partial charge on any atom is 0.152 e. The molecule has 1 N–H and O–H groups in total. The third kappa shape index (κ3) is 1.72. The van der Waals surface area contributed by atoms with E-state index in [0.29, 0.717) is 0 Å². The van der Waals surface area contributed by atoms with E-state index >= 15 is 0 Å². The molecule has 1 aliphatic heterocycles. The van der Waals surface area contributed by atoms with Gasteiger partial charge in [-0.3, -0.25) is 5.32 Å². The topological polar surface area (TPSA) is 21.3 Å². The molecule has 78 valence electrons. The Morgan fingerprint density at radius 2 is 2.07 bits per heavy atom. The number of hydrogen-bond donors (Lipinski definition) is 1. The molecule has 0 spiro atoms. The Morgan fingerprint density at radius 1 is 1.36 bits per heavy atom. The van der Waals surface area contributed by atoms with Crippen molar-refractivity contribution in [3.05, 3.63) is 21.9 Å². The van der Waals surface area contributed by atoms with E-state index in [-0.39, 0.29) is 11.3 Å². The van der Waals surface area contributed by atoms with Crippen molar-refractivity contribution in [2.45, 2.75) is 39.0 Å². The lowest BCUT2D eigenvalue weighted by molar-refractivity contribution is 0.00530. The van der Waals surface area contributed by atoms with E-state index in [1.807, 2.05) is 0 Å². The van der Waals surface area contributed by atoms with Gasteiger partial charge in [0.2, 0.25) is 0 Å². The number of nitrogens with one attached hydrogen (secondary N) is 1. The van der Waals surface area contributed by atoms with Crippen LogP contribution < -0.4 is 5.32 Å². The highest BCUT2D eigenvalue weighted by molar-refractivity contribution is 7.12. The van der Waals surface area contributed by atoms with Gasteiger partial charge >= 0.3 is 0 Å². The largest absolute Gasteiger partial charge is 0.354 e. The zero-order chi connectivity index (χ0) is 10.4. The lowest BCUT2D eigenvalue weighted by Gasteiger charge is -2.25. The Labute approximate surface area is 89.3 Å². The Kier molecular flexibility index (Phi) is 2.21. The van der Waals surface area contributed by atoms with Gasteiger partial charge in [-0.05, 0) is 39.8 Å². The Morgan fingerprint density at radius 3 is 2.50 bits per heavy atom. The van der Waals surface area contributed by atoms with Gasteiger partial charge in [0, 0.05) is 10.4 Å². The fraction of sp³-hybridized carbons (Fsp3) is 0.636. The van der Waals surface area contributed by atoms with E-state index in [0.717, 1.165) is 6.61 Å². The molecule has 3 heteroatoms. The van der Waals surface area contributed by atoms with Gasteiger partial charge in [0.25, 0.3) is 0 Å². The first-order chi connectivity index (χ1) is 6.41. The maximum atomic E-state index is 5.85. The van der Waals surface area contributed by atoms with E-state index < -0.39 is 0 Å². The summed E-state index contributed by atoms with van der Waals surface area (Å²) in [4.78, 5) is 2.59. The molecule has 1 fully saturated rings. The van der Waals surface area contributed by atoms with E-state index in [9.17, 15) is 0 Å². The zero-order valence-electron chi connectivity index (χ0n) is 9.18. The van der Waals surface area contributed by atoms with Crippen LogP contribution in [0.2, 0.25) is 0 Å². The second-order valence-electron chi connectivity index (χ2n) is 4.74. The highest BCUT2D eigenvalue weighted by Crippen LogP contribution is 2.35. The van der Waals surface area contributed by atoms with Gasteiger partial charge in [0.05, 0.1) is 11.5 Å². The number of thiophene rings is 1. The second-order valence-corrected chi connectivity index (χ2v) is 6.03. The first-order valence-electron chi connectivity index (χ1n) is 4.92. The summed E-state index contributed by atoms with van der Waals surface area (Å²) in [5, 5.41) is 3.52. The molecule has 1 aromatic rings. The van der Waals surface area contributed by atoms with Crippen LogP contribution in [0, 0.1) is 6.92 Å². The molecule has 0 aliphatic carbocycles. The van der Waals surface area contributed by atoms with Crippen molar-refractivity contribution in [1.82, 2.24) is 5.32 Å². The highest BCUT2D eigenvalue weighted by atomic mass is 32.1. The quantitative estimate of drug-likeness (QED) is 0.771. The average molecular weight is 211 g/mol. The van der Waals surface area contributed by atoms with Crippen molar-refractivity contribution < 1.29 is 4.74 Å². The fourth-order valence-corrected chi connectivity index (χ4v) is 2.79. The molecule has 14 heavy (non-hydrogen) atoms. The van der Waals surface area contributed by atoms with Crippen LogP contribution in [-0.4, -0.2) is 12.1 Å². The van der Waals surface area contributed by atoms with Crippen LogP contribution in [0.25, 0.3) is 0 Å². The van der Waals surface area contributed by atoms with Gasteiger partial charge in [-0.25, -0.2) is 0 Å². The predicted octanol–water partition coefficient (Wildman–Crippen LogP) is 2.63. The molecule has 2 heterocycles. The molecule has 0 amide bonds. The van der Waals surface area contributed by atoms with Crippen molar-refractivity contribution in [2.75, 3.05) is 6.61 Å². The number of rotatable bonds is 1. The van der Waals surface area contributed by atoms with Crippen molar-refractivity contribution in [3.63, 3.8) is 0 Å². The summed E-state index contributed by atoms with van der Waals surface area (Å²) >= 11 is 1.80. The monoisotopic (exact) mass is 211 g/mol. The lowest BCUT2D eigenvalue weighted by atomic mass is 10.1. The fourth-order valence-electron chi connectivity index (χ4n) is 1.87. The van der Waals surface area contributed by atoms with Crippen molar-refractivity contribution in [3.8, 4) is 0 Å². The smallest absolute Gasteiger partial charge is 0.152 e. The average Bonchev–Trinajstić information content (AvgIpc) is 2.57. The number of hydrogen-bond acceptors (Lipinski definition) is 3. The van der Waals surface area contributed by atoms with Crippen LogP contribution in [0.15, 0.2) is 12.1 Å². The van der Waals surface area contributed by atoms with Gasteiger partial charge < -0.3 is 4.74 Å². The molecule has 1 aromatic heterocycles. The van der Waals surface area contributed by atoms with Crippen LogP contribution in [0.4, 0.5) is 0 Å². The van der Waals surface area contributed by atoms with Gasteiger partial charge in [-0.15, -0.1) is 11.3 Å². The molecule has 0 radical (unpaired) electrons. The molecular formula is C11H17NOS. The third-order valence-corrected chi connectivity index (χ3v) is 3.71. The second kappa shape index (κ2) is 3.05. The van der Waals surface area contributed by atoms with Gasteiger partial charge in [0.15, 0.2) is 5.72 Å². The standard InChI is InChI=1S/C11H17NOS/c1-8-5-6-9(14-8)11(4)12-10(2,3)7-13-11/h5-6,12H,7H2,1-4H3. The highest BCUT2D eigenvalue weighted by Gasteiger charge is 2.42. The van der Waals surface area contributed by atoms with E-state index in [2.05, 4.69) is 45.1 Å². The van der Waals surface area contributed by atoms with Gasteiger partial charge in [-0.2, -0.15) is 0 Å². The molecular weight excluding hydrogens is 194 g/mol. The third-order valence-electron chi connectivity index (χ3n) is 2.51. The van der Waals surface area contributed by atoms with E-state index in [4.69, 9.17) is 4.74 Å². The summed E-state index contributed by atoms with van der Waals surface area (Å²) in [5.74, 6) is 0. The molecule has 1 atom stereocenters. The Balaban J connectivity index is 2.27. The van der Waals surface area contributed by atoms with Crippen LogP contribution >= 0.6 is 11.3 Å². The van der Waals surface area contributed by atoms with Gasteiger partial charge in [0.1, 0.15) is 0 Å². The minimum Gasteiger partial charge on any atom is -0.354 e. The zero-order valence-corrected chi connectivity index (χ0v) is 9.99. The minimum atomic E-state index is -0.289.